The number of hydrogen-bond acceptors (Lipinski definition) is 4. The minimum Gasteiger partial charge on any atom is -0.478 e. The number of hydrogen-bond donors (Lipinski definition) is 1. The second-order valence-corrected chi connectivity index (χ2v) is 4.88. The van der Waals surface area contributed by atoms with Crippen LogP contribution in [0.15, 0.2) is 24.4 Å². The highest BCUT2D eigenvalue weighted by Crippen LogP contribution is 2.16. The molecule has 3 rings (SSSR count). The van der Waals surface area contributed by atoms with E-state index in [1.54, 1.807) is 21.5 Å². The lowest BCUT2D eigenvalue weighted by atomic mass is 10.2. The van der Waals surface area contributed by atoms with Crippen LogP contribution in [0.5, 0.6) is 0 Å². The highest BCUT2D eigenvalue weighted by Gasteiger charge is 2.12. The summed E-state index contributed by atoms with van der Waals surface area (Å²) in [6.45, 7) is 2.63. The van der Waals surface area contributed by atoms with Crippen LogP contribution in [0.25, 0.3) is 11.0 Å². The maximum atomic E-state index is 11.0. The Balaban J connectivity index is 1.99. The average Bonchev–Trinajstić information content (AvgIpc) is 3.02. The summed E-state index contributed by atoms with van der Waals surface area (Å²) in [5.41, 5.74) is 3.73. The summed E-state index contributed by atoms with van der Waals surface area (Å²) < 4.78 is 3.55. The van der Waals surface area contributed by atoms with Gasteiger partial charge in [0.25, 0.3) is 0 Å². The Kier molecular flexibility index (Phi) is 3.17. The van der Waals surface area contributed by atoms with Crippen molar-refractivity contribution in [2.45, 2.75) is 19.9 Å². The van der Waals surface area contributed by atoms with Crippen molar-refractivity contribution >= 4 is 17.0 Å². The van der Waals surface area contributed by atoms with Crippen molar-refractivity contribution in [1.82, 2.24) is 24.8 Å². The molecule has 108 valence electrons. The molecule has 2 heterocycles. The van der Waals surface area contributed by atoms with Crippen LogP contribution in [0.4, 0.5) is 0 Å². The molecule has 1 N–H and O–H groups in total. The number of rotatable bonds is 4. The van der Waals surface area contributed by atoms with Gasteiger partial charge in [-0.3, -0.25) is 4.68 Å². The fraction of sp³-hybridized carbons (Fsp3) is 0.286. The van der Waals surface area contributed by atoms with Gasteiger partial charge in [0.1, 0.15) is 5.52 Å². The Morgan fingerprint density at radius 3 is 2.90 bits per heavy atom. The van der Waals surface area contributed by atoms with E-state index >= 15 is 0 Å². The number of nitrogens with zero attached hydrogens (tertiary/aromatic N) is 5. The van der Waals surface area contributed by atoms with Crippen molar-refractivity contribution < 1.29 is 9.90 Å². The van der Waals surface area contributed by atoms with Crippen LogP contribution in [0.1, 0.15) is 28.5 Å². The summed E-state index contributed by atoms with van der Waals surface area (Å²) in [5.74, 6) is -0.966. The molecule has 0 bridgehead atoms. The minimum absolute atomic E-state index is 0.213. The summed E-state index contributed by atoms with van der Waals surface area (Å²) >= 11 is 0. The number of aromatic nitrogens is 5. The first kappa shape index (κ1) is 13.3. The molecule has 0 atom stereocenters. The van der Waals surface area contributed by atoms with E-state index in [0.717, 1.165) is 23.2 Å². The highest BCUT2D eigenvalue weighted by atomic mass is 16.4. The zero-order chi connectivity index (χ0) is 15.0. The molecule has 0 aliphatic rings. The number of carbonyl (C=O) groups is 1. The topological polar surface area (TPSA) is 85.8 Å². The predicted octanol–water partition coefficient (Wildman–Crippen LogP) is 1.47. The first-order valence-corrected chi connectivity index (χ1v) is 6.66. The molecular weight excluding hydrogens is 270 g/mol. The molecule has 21 heavy (non-hydrogen) atoms. The molecule has 0 aliphatic heterocycles. The van der Waals surface area contributed by atoms with Crippen molar-refractivity contribution in [2.24, 2.45) is 7.05 Å². The zero-order valence-electron chi connectivity index (χ0n) is 11.8. The summed E-state index contributed by atoms with van der Waals surface area (Å²) in [5, 5.41) is 21.6. The molecule has 0 radical (unpaired) electrons. The van der Waals surface area contributed by atoms with Crippen LogP contribution >= 0.6 is 0 Å². The third-order valence-corrected chi connectivity index (χ3v) is 3.41. The van der Waals surface area contributed by atoms with E-state index in [0.29, 0.717) is 12.1 Å². The van der Waals surface area contributed by atoms with Crippen molar-refractivity contribution in [3.63, 3.8) is 0 Å². The third kappa shape index (κ3) is 2.37. The summed E-state index contributed by atoms with van der Waals surface area (Å²) in [6, 6.07) is 4.83. The number of benzene rings is 1. The van der Waals surface area contributed by atoms with Crippen LogP contribution in [0.2, 0.25) is 0 Å². The van der Waals surface area contributed by atoms with Gasteiger partial charge in [-0.2, -0.15) is 5.10 Å². The summed E-state index contributed by atoms with van der Waals surface area (Å²) in [6.07, 6.45) is 2.82. The zero-order valence-corrected chi connectivity index (χ0v) is 11.8. The van der Waals surface area contributed by atoms with Gasteiger partial charge in [-0.1, -0.05) is 12.1 Å². The molecule has 2 aromatic heterocycles. The normalized spacial score (nSPS) is 11.1. The Labute approximate surface area is 120 Å². The summed E-state index contributed by atoms with van der Waals surface area (Å²) in [4.78, 5) is 11.0. The van der Waals surface area contributed by atoms with Crippen molar-refractivity contribution in [2.75, 3.05) is 0 Å². The second kappa shape index (κ2) is 5.01. The van der Waals surface area contributed by atoms with E-state index in [-0.39, 0.29) is 5.56 Å². The molecular formula is C14H15N5O2. The van der Waals surface area contributed by atoms with Crippen LogP contribution in [0.3, 0.4) is 0 Å². The molecule has 0 saturated carbocycles. The lowest BCUT2D eigenvalue weighted by Gasteiger charge is -2.02. The van der Waals surface area contributed by atoms with Gasteiger partial charge in [-0.15, -0.1) is 5.10 Å². The number of aryl methyl sites for hydroxylation is 2. The smallest absolute Gasteiger partial charge is 0.335 e. The second-order valence-electron chi connectivity index (χ2n) is 4.88. The highest BCUT2D eigenvalue weighted by molar-refractivity contribution is 5.92. The quantitative estimate of drug-likeness (QED) is 0.784. The maximum absolute atomic E-state index is 11.0. The first-order chi connectivity index (χ1) is 10.1. The van der Waals surface area contributed by atoms with E-state index in [9.17, 15) is 4.79 Å². The number of aromatic carboxylic acids is 1. The van der Waals surface area contributed by atoms with Gasteiger partial charge in [0.05, 0.1) is 23.3 Å². The molecule has 0 aliphatic carbocycles. The molecule has 0 saturated heterocycles. The molecule has 0 unspecified atom stereocenters. The Hall–Kier alpha value is -2.70. The maximum Gasteiger partial charge on any atom is 0.335 e. The first-order valence-electron chi connectivity index (χ1n) is 6.66. The van der Waals surface area contributed by atoms with E-state index in [1.807, 2.05) is 13.2 Å². The van der Waals surface area contributed by atoms with Gasteiger partial charge in [0, 0.05) is 18.8 Å². The van der Waals surface area contributed by atoms with Crippen molar-refractivity contribution in [1.29, 1.82) is 0 Å². The molecule has 1 aromatic carbocycles. The van der Waals surface area contributed by atoms with E-state index < -0.39 is 5.97 Å². The third-order valence-electron chi connectivity index (χ3n) is 3.41. The van der Waals surface area contributed by atoms with Crippen molar-refractivity contribution in [3.05, 3.63) is 41.2 Å². The average molecular weight is 285 g/mol. The van der Waals surface area contributed by atoms with E-state index in [2.05, 4.69) is 22.3 Å². The van der Waals surface area contributed by atoms with Crippen LogP contribution in [-0.2, 0) is 20.0 Å². The fourth-order valence-electron chi connectivity index (χ4n) is 2.40. The van der Waals surface area contributed by atoms with Gasteiger partial charge < -0.3 is 5.11 Å². The Morgan fingerprint density at radius 2 is 2.19 bits per heavy atom. The minimum atomic E-state index is -0.966. The van der Waals surface area contributed by atoms with Gasteiger partial charge in [0.15, 0.2) is 0 Å². The largest absolute Gasteiger partial charge is 0.478 e. The monoisotopic (exact) mass is 285 g/mol. The molecule has 0 amide bonds. The van der Waals surface area contributed by atoms with Gasteiger partial charge in [0.2, 0.25) is 0 Å². The van der Waals surface area contributed by atoms with E-state index in [4.69, 9.17) is 5.11 Å². The molecule has 3 aromatic rings. The molecule has 0 fully saturated rings. The Morgan fingerprint density at radius 1 is 1.38 bits per heavy atom. The number of carboxylic acid groups (broad SMARTS) is 1. The van der Waals surface area contributed by atoms with Crippen LogP contribution in [-0.4, -0.2) is 35.9 Å². The standard InChI is InChI=1S/C14H15N5O2/c1-3-11-10(7-18(2)16-11)8-19-13-5-4-9(14(20)21)6-12(13)15-17-19/h4-7H,3,8H2,1-2H3,(H,20,21). The predicted molar refractivity (Wildman–Crippen MR) is 76.2 cm³/mol. The fourth-order valence-corrected chi connectivity index (χ4v) is 2.40. The lowest BCUT2D eigenvalue weighted by Crippen LogP contribution is -2.03. The van der Waals surface area contributed by atoms with Crippen molar-refractivity contribution in [3.8, 4) is 0 Å². The Bertz CT molecular complexity index is 818. The SMILES string of the molecule is CCc1nn(C)cc1Cn1nnc2cc(C(=O)O)ccc21. The number of carboxylic acids is 1. The van der Waals surface area contributed by atoms with Crippen LogP contribution in [0, 0.1) is 0 Å². The van der Waals surface area contributed by atoms with Gasteiger partial charge in [-0.25, -0.2) is 9.48 Å². The number of fused-ring (bicyclic) bond motifs is 1. The van der Waals surface area contributed by atoms with Gasteiger partial charge in [-0.05, 0) is 24.6 Å². The van der Waals surface area contributed by atoms with Gasteiger partial charge >= 0.3 is 5.97 Å². The lowest BCUT2D eigenvalue weighted by molar-refractivity contribution is 0.0697. The van der Waals surface area contributed by atoms with E-state index in [1.165, 1.54) is 6.07 Å². The molecule has 0 spiro atoms. The molecule has 7 heteroatoms. The molecule has 7 nitrogen and oxygen atoms in total. The van der Waals surface area contributed by atoms with Crippen LogP contribution < -0.4 is 0 Å². The summed E-state index contributed by atoms with van der Waals surface area (Å²) in [7, 11) is 1.89.